The molecule has 3 nitrogen and oxygen atoms in total. The number of hydrogen-bond acceptors (Lipinski definition) is 4. The number of nitrogens with zero attached hydrogens (tertiary/aromatic N) is 1. The molecule has 0 aliphatic carbocycles. The highest BCUT2D eigenvalue weighted by atomic mass is 33.1. The minimum absolute atomic E-state index is 0.117. The van der Waals surface area contributed by atoms with E-state index in [0.717, 1.165) is 25.3 Å². The second-order valence-electron chi connectivity index (χ2n) is 7.33. The van der Waals surface area contributed by atoms with E-state index in [2.05, 4.69) is 45.1 Å². The lowest BCUT2D eigenvalue weighted by atomic mass is 9.98. The Balaban J connectivity index is 2.44. The second kappa shape index (κ2) is 9.31. The van der Waals surface area contributed by atoms with Crippen LogP contribution in [0.4, 0.5) is 0 Å². The summed E-state index contributed by atoms with van der Waals surface area (Å²) in [5.41, 5.74) is 3.14. The van der Waals surface area contributed by atoms with Gasteiger partial charge in [0.25, 0.3) is 0 Å². The maximum absolute atomic E-state index is 12.5. The van der Waals surface area contributed by atoms with Crippen molar-refractivity contribution in [2.45, 2.75) is 65.0 Å². The summed E-state index contributed by atoms with van der Waals surface area (Å²) in [6.45, 7) is 13.1. The molecule has 5 heteroatoms. The normalized spacial score (nSPS) is 18.8. The number of carbonyl (C=O) groups is 1. The molecule has 1 rings (SSSR count). The van der Waals surface area contributed by atoms with Gasteiger partial charge in [-0.05, 0) is 25.2 Å². The van der Waals surface area contributed by atoms with Crippen LogP contribution in [0.1, 0.15) is 60.3 Å². The van der Waals surface area contributed by atoms with Crippen molar-refractivity contribution in [3.63, 3.8) is 0 Å². The number of rotatable bonds is 7. The van der Waals surface area contributed by atoms with Crippen LogP contribution < -0.4 is 5.43 Å². The molecule has 0 aromatic carbocycles. The molecule has 1 aliphatic heterocycles. The van der Waals surface area contributed by atoms with Crippen LogP contribution in [0.25, 0.3) is 0 Å². The van der Waals surface area contributed by atoms with Gasteiger partial charge in [0.1, 0.15) is 0 Å². The van der Waals surface area contributed by atoms with Gasteiger partial charge in [-0.2, -0.15) is 0 Å². The van der Waals surface area contributed by atoms with Crippen molar-refractivity contribution in [3.05, 3.63) is 0 Å². The maximum Gasteiger partial charge on any atom is 0.238 e. The van der Waals surface area contributed by atoms with Gasteiger partial charge in [-0.15, -0.1) is 0 Å². The molecule has 0 aromatic rings. The predicted molar refractivity (Wildman–Crippen MR) is 96.3 cm³/mol. The van der Waals surface area contributed by atoms with Crippen LogP contribution in [0.15, 0.2) is 0 Å². The molecule has 1 N–H and O–H groups in total. The van der Waals surface area contributed by atoms with Crippen molar-refractivity contribution in [2.75, 3.05) is 18.8 Å². The standard InChI is InChI=1S/C16H32N2OS2/c1-13(2)11-14(12-20-21-16(3,4)5)15(19)17-18-9-7-6-8-10-18/h13-14H,6-12H2,1-5H3,(H,17,19). The lowest BCUT2D eigenvalue weighted by Gasteiger charge is -2.29. The smallest absolute Gasteiger partial charge is 0.238 e. The predicted octanol–water partition coefficient (Wildman–Crippen LogP) is 4.35. The molecule has 1 fully saturated rings. The molecule has 0 saturated carbocycles. The molecule has 1 amide bonds. The van der Waals surface area contributed by atoms with Gasteiger partial charge < -0.3 is 0 Å². The van der Waals surface area contributed by atoms with Crippen LogP contribution in [0, 0.1) is 11.8 Å². The number of carbonyl (C=O) groups excluding carboxylic acids is 1. The summed E-state index contributed by atoms with van der Waals surface area (Å²) >= 11 is 0. The third-order valence-corrected chi connectivity index (χ3v) is 6.75. The van der Waals surface area contributed by atoms with Crippen molar-refractivity contribution >= 4 is 27.5 Å². The minimum atomic E-state index is 0.117. The van der Waals surface area contributed by atoms with E-state index in [9.17, 15) is 4.79 Å². The largest absolute Gasteiger partial charge is 0.289 e. The highest BCUT2D eigenvalue weighted by molar-refractivity contribution is 8.77. The Morgan fingerprint density at radius 2 is 1.81 bits per heavy atom. The van der Waals surface area contributed by atoms with Crippen LogP contribution in [-0.2, 0) is 4.79 Å². The van der Waals surface area contributed by atoms with E-state index in [1.165, 1.54) is 19.3 Å². The van der Waals surface area contributed by atoms with E-state index in [-0.39, 0.29) is 16.6 Å². The Morgan fingerprint density at radius 1 is 1.19 bits per heavy atom. The second-order valence-corrected chi connectivity index (χ2v) is 10.5. The van der Waals surface area contributed by atoms with Gasteiger partial charge in [-0.1, -0.05) is 62.6 Å². The molecule has 21 heavy (non-hydrogen) atoms. The number of nitrogens with one attached hydrogen (secondary N) is 1. The average molecular weight is 333 g/mol. The van der Waals surface area contributed by atoms with Crippen molar-refractivity contribution in [3.8, 4) is 0 Å². The van der Waals surface area contributed by atoms with Gasteiger partial charge in [0.05, 0.1) is 0 Å². The molecule has 0 aromatic heterocycles. The van der Waals surface area contributed by atoms with Crippen LogP contribution in [0.5, 0.6) is 0 Å². The number of amides is 1. The van der Waals surface area contributed by atoms with Gasteiger partial charge in [0.2, 0.25) is 5.91 Å². The highest BCUT2D eigenvalue weighted by Crippen LogP contribution is 2.37. The first-order valence-electron chi connectivity index (χ1n) is 8.14. The zero-order valence-electron chi connectivity index (χ0n) is 14.3. The van der Waals surface area contributed by atoms with Gasteiger partial charge in [-0.3, -0.25) is 10.2 Å². The minimum Gasteiger partial charge on any atom is -0.289 e. The van der Waals surface area contributed by atoms with Crippen LogP contribution in [-0.4, -0.2) is 34.5 Å². The van der Waals surface area contributed by atoms with Crippen LogP contribution >= 0.6 is 21.6 Å². The fourth-order valence-corrected chi connectivity index (χ4v) is 5.00. The molecule has 1 unspecified atom stereocenters. The number of hydrazine groups is 1. The molecule has 1 heterocycles. The molecular formula is C16H32N2OS2. The number of piperidine rings is 1. The van der Waals surface area contributed by atoms with E-state index >= 15 is 0 Å². The summed E-state index contributed by atoms with van der Waals surface area (Å²) in [5, 5.41) is 2.11. The Kier molecular flexibility index (Phi) is 8.50. The maximum atomic E-state index is 12.5. The molecule has 1 atom stereocenters. The lowest BCUT2D eigenvalue weighted by Crippen LogP contribution is -2.48. The fraction of sp³-hybridized carbons (Fsp3) is 0.938. The van der Waals surface area contributed by atoms with E-state index in [4.69, 9.17) is 0 Å². The summed E-state index contributed by atoms with van der Waals surface area (Å²) in [5.74, 6) is 1.79. The SMILES string of the molecule is CC(C)CC(CSSC(C)(C)C)C(=O)NN1CCCCC1. The molecule has 124 valence electrons. The van der Waals surface area contributed by atoms with Gasteiger partial charge in [-0.25, -0.2) is 5.01 Å². The quantitative estimate of drug-likeness (QED) is 0.703. The average Bonchev–Trinajstić information content (AvgIpc) is 2.36. The van der Waals surface area contributed by atoms with Crippen molar-refractivity contribution in [2.24, 2.45) is 11.8 Å². The Labute approximate surface area is 138 Å². The number of hydrogen-bond donors (Lipinski definition) is 1. The zero-order chi connectivity index (χ0) is 15.9. The summed E-state index contributed by atoms with van der Waals surface area (Å²) in [7, 11) is 3.71. The first-order valence-corrected chi connectivity index (χ1v) is 10.5. The van der Waals surface area contributed by atoms with Crippen molar-refractivity contribution in [1.29, 1.82) is 0 Å². The van der Waals surface area contributed by atoms with Gasteiger partial charge >= 0.3 is 0 Å². The van der Waals surface area contributed by atoms with Crippen molar-refractivity contribution < 1.29 is 4.79 Å². The van der Waals surface area contributed by atoms with E-state index in [1.807, 2.05) is 21.6 Å². The summed E-state index contributed by atoms with van der Waals surface area (Å²) < 4.78 is 0.246. The Hall–Kier alpha value is 0.130. The van der Waals surface area contributed by atoms with E-state index in [1.54, 1.807) is 0 Å². The third kappa shape index (κ3) is 8.99. The molecule has 0 bridgehead atoms. The van der Waals surface area contributed by atoms with Crippen molar-refractivity contribution in [1.82, 2.24) is 10.4 Å². The molecule has 1 aliphatic rings. The molecule has 0 radical (unpaired) electrons. The zero-order valence-corrected chi connectivity index (χ0v) is 15.9. The first kappa shape index (κ1) is 19.2. The fourth-order valence-electron chi connectivity index (χ4n) is 2.37. The van der Waals surface area contributed by atoms with Crippen LogP contribution in [0.3, 0.4) is 0 Å². The first-order chi connectivity index (χ1) is 9.78. The molecule has 1 saturated heterocycles. The van der Waals surface area contributed by atoms with Gasteiger partial charge in [0, 0.05) is 29.5 Å². The summed E-state index contributed by atoms with van der Waals surface area (Å²) in [4.78, 5) is 12.5. The lowest BCUT2D eigenvalue weighted by molar-refractivity contribution is -0.130. The molecule has 0 spiro atoms. The molecular weight excluding hydrogens is 300 g/mol. The Bertz CT molecular complexity index is 310. The van der Waals surface area contributed by atoms with Crippen LogP contribution in [0.2, 0.25) is 0 Å². The summed E-state index contributed by atoms with van der Waals surface area (Å²) in [6, 6.07) is 0. The van der Waals surface area contributed by atoms with E-state index in [0.29, 0.717) is 5.92 Å². The summed E-state index contributed by atoms with van der Waals surface area (Å²) in [6.07, 6.45) is 4.66. The highest BCUT2D eigenvalue weighted by Gasteiger charge is 2.23. The Morgan fingerprint density at radius 3 is 2.33 bits per heavy atom. The topological polar surface area (TPSA) is 32.3 Å². The third-order valence-electron chi connectivity index (χ3n) is 3.33. The monoisotopic (exact) mass is 332 g/mol. The van der Waals surface area contributed by atoms with Gasteiger partial charge in [0.15, 0.2) is 0 Å². The van der Waals surface area contributed by atoms with E-state index < -0.39 is 0 Å².